The first-order chi connectivity index (χ1) is 10.6. The fraction of sp³-hybridized carbons (Fsp3) is 0.611. The number of carbonyl (C=O) groups is 1. The lowest BCUT2D eigenvalue weighted by Gasteiger charge is -2.15. The van der Waals surface area contributed by atoms with Crippen molar-refractivity contribution in [2.45, 2.75) is 59.0 Å². The van der Waals surface area contributed by atoms with Gasteiger partial charge in [-0.05, 0) is 43.4 Å². The molecule has 0 bridgehead atoms. The second-order valence-corrected chi connectivity index (χ2v) is 6.13. The average molecular weight is 304 g/mol. The molecule has 0 spiro atoms. The lowest BCUT2D eigenvalue weighted by Crippen LogP contribution is -2.35. The summed E-state index contributed by atoms with van der Waals surface area (Å²) in [7, 11) is 0. The Morgan fingerprint density at radius 3 is 2.59 bits per heavy atom. The zero-order valence-electron chi connectivity index (χ0n) is 14.0. The summed E-state index contributed by atoms with van der Waals surface area (Å²) in [5, 5.41) is 6.18. The summed E-state index contributed by atoms with van der Waals surface area (Å²) in [5.41, 5.74) is 3.55. The molecule has 2 N–H and O–H groups in total. The van der Waals surface area contributed by atoms with Gasteiger partial charge in [-0.25, -0.2) is 0 Å². The van der Waals surface area contributed by atoms with Crippen molar-refractivity contribution >= 4 is 5.91 Å². The van der Waals surface area contributed by atoms with E-state index in [1.165, 1.54) is 29.5 Å². The maximum atomic E-state index is 11.6. The molecule has 1 aromatic carbocycles. The van der Waals surface area contributed by atoms with Gasteiger partial charge >= 0.3 is 0 Å². The molecule has 1 amide bonds. The summed E-state index contributed by atoms with van der Waals surface area (Å²) in [6.07, 6.45) is 4.40. The van der Waals surface area contributed by atoms with E-state index in [1.807, 2.05) is 0 Å². The number of hydrogen-bond donors (Lipinski definition) is 2. The molecule has 1 fully saturated rings. The van der Waals surface area contributed by atoms with Crippen LogP contribution >= 0.6 is 0 Å². The highest BCUT2D eigenvalue weighted by molar-refractivity contribution is 5.83. The average Bonchev–Trinajstić information content (AvgIpc) is 2.89. The molecule has 4 nitrogen and oxygen atoms in total. The predicted octanol–water partition coefficient (Wildman–Crippen LogP) is 2.85. The van der Waals surface area contributed by atoms with Gasteiger partial charge in [-0.15, -0.1) is 0 Å². The van der Waals surface area contributed by atoms with E-state index in [-0.39, 0.29) is 11.9 Å². The third-order valence-corrected chi connectivity index (χ3v) is 4.12. The van der Waals surface area contributed by atoms with Crippen LogP contribution in [0.25, 0.3) is 0 Å². The molecule has 1 aliphatic heterocycles. The van der Waals surface area contributed by atoms with Crippen molar-refractivity contribution in [3.8, 4) is 5.75 Å². The fourth-order valence-electron chi connectivity index (χ4n) is 2.93. The van der Waals surface area contributed by atoms with Crippen molar-refractivity contribution in [2.24, 2.45) is 0 Å². The molecule has 1 aromatic rings. The Hall–Kier alpha value is -1.55. The van der Waals surface area contributed by atoms with E-state index in [1.54, 1.807) is 0 Å². The van der Waals surface area contributed by atoms with Crippen molar-refractivity contribution < 1.29 is 9.53 Å². The summed E-state index contributed by atoms with van der Waals surface area (Å²) in [5.74, 6) is 1.13. The lowest BCUT2D eigenvalue weighted by atomic mass is 10.1. The van der Waals surface area contributed by atoms with Crippen LogP contribution in [0.15, 0.2) is 12.1 Å². The second-order valence-electron chi connectivity index (χ2n) is 6.13. The smallest absolute Gasteiger partial charge is 0.237 e. The van der Waals surface area contributed by atoms with Gasteiger partial charge in [0.2, 0.25) is 5.91 Å². The van der Waals surface area contributed by atoms with Gasteiger partial charge in [0.05, 0.1) is 12.6 Å². The number of rotatable bonds is 8. The van der Waals surface area contributed by atoms with E-state index in [4.69, 9.17) is 4.74 Å². The van der Waals surface area contributed by atoms with Crippen LogP contribution in [0.5, 0.6) is 5.75 Å². The highest BCUT2D eigenvalue weighted by Crippen LogP contribution is 2.25. The van der Waals surface area contributed by atoms with E-state index >= 15 is 0 Å². The zero-order chi connectivity index (χ0) is 15.9. The predicted molar refractivity (Wildman–Crippen MR) is 89.2 cm³/mol. The van der Waals surface area contributed by atoms with Crippen LogP contribution in [0.4, 0.5) is 0 Å². The van der Waals surface area contributed by atoms with Gasteiger partial charge in [-0.2, -0.15) is 0 Å². The van der Waals surface area contributed by atoms with Crippen LogP contribution in [0, 0.1) is 13.8 Å². The van der Waals surface area contributed by atoms with Crippen LogP contribution < -0.4 is 15.4 Å². The number of benzene rings is 1. The molecule has 1 unspecified atom stereocenters. The van der Waals surface area contributed by atoms with Gasteiger partial charge in [0.1, 0.15) is 5.75 Å². The van der Waals surface area contributed by atoms with Crippen molar-refractivity contribution in [1.29, 1.82) is 0 Å². The Morgan fingerprint density at radius 2 is 2.00 bits per heavy atom. The molecule has 122 valence electrons. The number of carbonyl (C=O) groups excluding carboxylic acids is 1. The summed E-state index contributed by atoms with van der Waals surface area (Å²) in [6.45, 7) is 8.66. The van der Waals surface area contributed by atoms with Gasteiger partial charge in [0.15, 0.2) is 0 Å². The normalized spacial score (nSPS) is 17.6. The third-order valence-electron chi connectivity index (χ3n) is 4.12. The van der Waals surface area contributed by atoms with E-state index in [0.29, 0.717) is 0 Å². The number of ether oxygens (including phenoxy) is 1. The van der Waals surface area contributed by atoms with Crippen LogP contribution in [0.2, 0.25) is 0 Å². The van der Waals surface area contributed by atoms with Crippen molar-refractivity contribution in [3.05, 3.63) is 28.8 Å². The topological polar surface area (TPSA) is 50.4 Å². The quantitative estimate of drug-likeness (QED) is 0.726. The minimum absolute atomic E-state index is 0.0504. The Balaban J connectivity index is 1.92. The molecule has 0 saturated carbocycles. The van der Waals surface area contributed by atoms with Crippen molar-refractivity contribution in [2.75, 3.05) is 13.2 Å². The van der Waals surface area contributed by atoms with E-state index in [0.717, 1.165) is 38.3 Å². The van der Waals surface area contributed by atoms with Crippen LogP contribution in [0.3, 0.4) is 0 Å². The Bertz CT molecular complexity index is 491. The molecule has 4 heteroatoms. The molecule has 1 heterocycles. The second kappa shape index (κ2) is 8.18. The summed E-state index contributed by atoms with van der Waals surface area (Å²) in [6, 6.07) is 4.26. The highest BCUT2D eigenvalue weighted by atomic mass is 16.5. The molecule has 1 saturated heterocycles. The molecule has 1 aliphatic rings. The lowest BCUT2D eigenvalue weighted by molar-refractivity contribution is -0.120. The Morgan fingerprint density at radius 1 is 1.27 bits per heavy atom. The van der Waals surface area contributed by atoms with Crippen molar-refractivity contribution in [1.82, 2.24) is 10.6 Å². The van der Waals surface area contributed by atoms with E-state index in [9.17, 15) is 4.79 Å². The van der Waals surface area contributed by atoms with E-state index < -0.39 is 0 Å². The molecular weight excluding hydrogens is 276 g/mol. The van der Waals surface area contributed by atoms with E-state index in [2.05, 4.69) is 43.5 Å². The maximum absolute atomic E-state index is 11.6. The number of unbranched alkanes of at least 4 members (excludes halogenated alkanes) is 2. The van der Waals surface area contributed by atoms with Gasteiger partial charge in [-0.1, -0.05) is 31.9 Å². The number of hydrogen-bond acceptors (Lipinski definition) is 3. The number of aryl methyl sites for hydroxylation is 2. The van der Waals surface area contributed by atoms with Gasteiger partial charge in [0.25, 0.3) is 0 Å². The summed E-state index contributed by atoms with van der Waals surface area (Å²) < 4.78 is 5.94. The minimum Gasteiger partial charge on any atom is -0.493 e. The molecule has 0 radical (unpaired) electrons. The van der Waals surface area contributed by atoms with Crippen LogP contribution in [-0.2, 0) is 11.3 Å². The molecule has 0 aromatic heterocycles. The molecule has 22 heavy (non-hydrogen) atoms. The first kappa shape index (κ1) is 16.8. The van der Waals surface area contributed by atoms with Crippen LogP contribution in [-0.4, -0.2) is 25.1 Å². The first-order valence-electron chi connectivity index (χ1n) is 8.35. The minimum atomic E-state index is -0.0504. The fourth-order valence-corrected chi connectivity index (χ4v) is 2.93. The van der Waals surface area contributed by atoms with Gasteiger partial charge in [0, 0.05) is 13.1 Å². The Kier molecular flexibility index (Phi) is 6.25. The largest absolute Gasteiger partial charge is 0.493 e. The molecule has 1 atom stereocenters. The third kappa shape index (κ3) is 4.47. The summed E-state index contributed by atoms with van der Waals surface area (Å²) >= 11 is 0. The standard InChI is InChI=1S/C18H28N2O2/c1-4-5-6-9-22-17-13(2)10-15(11-14(17)3)12-20-16-7-8-19-18(16)21/h10-11,16,20H,4-9,12H2,1-3H3,(H,19,21). The number of amides is 1. The molecule has 2 rings (SSSR count). The zero-order valence-corrected chi connectivity index (χ0v) is 14.0. The summed E-state index contributed by atoms with van der Waals surface area (Å²) in [4.78, 5) is 11.6. The van der Waals surface area contributed by atoms with Crippen LogP contribution in [0.1, 0.15) is 49.3 Å². The Labute approximate surface area is 133 Å². The van der Waals surface area contributed by atoms with Gasteiger partial charge in [-0.3, -0.25) is 4.79 Å². The SMILES string of the molecule is CCCCCOc1c(C)cc(CNC2CCNC2=O)cc1C. The molecule has 0 aliphatic carbocycles. The van der Waals surface area contributed by atoms with Gasteiger partial charge < -0.3 is 15.4 Å². The highest BCUT2D eigenvalue weighted by Gasteiger charge is 2.23. The maximum Gasteiger partial charge on any atom is 0.237 e. The monoisotopic (exact) mass is 304 g/mol. The first-order valence-corrected chi connectivity index (χ1v) is 8.35. The van der Waals surface area contributed by atoms with Crippen molar-refractivity contribution in [3.63, 3.8) is 0 Å². The molecular formula is C18H28N2O2. The number of nitrogens with one attached hydrogen (secondary N) is 2.